The largest absolute Gasteiger partial charge is 0.496 e. The highest BCUT2D eigenvalue weighted by atomic mass is 32.2. The van der Waals surface area contributed by atoms with Gasteiger partial charge in [0.1, 0.15) is 29.6 Å². The van der Waals surface area contributed by atoms with Crippen LogP contribution in [0.2, 0.25) is 0 Å². The number of pyridine rings is 1. The lowest BCUT2D eigenvalue weighted by Crippen LogP contribution is -2.55. The SMILES string of the molecule is COc1cc(C2CCN(CC3CCN(c4ccc(-c5cnc6[nH]cc(C(=O)c7c(F)ccc(NS(=O)(=O)N8CC[C@@H](F)C8)c7F)c6c5)cc4)CC3)CC2)cc2c1C(=O)N(C1CCC(=O)NC1O)C2. The van der Waals surface area contributed by atoms with E-state index in [0.29, 0.717) is 52.7 Å². The average Bonchev–Trinajstić information content (AvgIpc) is 4.07. The van der Waals surface area contributed by atoms with Crippen molar-refractivity contribution in [2.24, 2.45) is 5.92 Å². The zero-order valence-corrected chi connectivity index (χ0v) is 38.3. The second-order valence-electron chi connectivity index (χ2n) is 18.6. The summed E-state index contributed by atoms with van der Waals surface area (Å²) in [7, 11) is -2.77. The molecule has 4 N–H and O–H groups in total. The quantitative estimate of drug-likeness (QED) is 0.107. The minimum atomic E-state index is -4.36. The van der Waals surface area contributed by atoms with E-state index in [4.69, 9.17) is 4.74 Å². The van der Waals surface area contributed by atoms with Gasteiger partial charge in [-0.3, -0.25) is 19.1 Å². The predicted octanol–water partition coefficient (Wildman–Crippen LogP) is 6.10. The third-order valence-corrected chi connectivity index (χ3v) is 16.0. The first kappa shape index (κ1) is 45.7. The van der Waals surface area contributed by atoms with E-state index < -0.39 is 57.3 Å². The van der Waals surface area contributed by atoms with Gasteiger partial charge >= 0.3 is 10.2 Å². The van der Waals surface area contributed by atoms with Crippen molar-refractivity contribution in [1.82, 2.24) is 29.4 Å². The lowest BCUT2D eigenvalue weighted by Gasteiger charge is -2.38. The summed E-state index contributed by atoms with van der Waals surface area (Å²) in [6.07, 6.45) is 5.34. The van der Waals surface area contributed by atoms with E-state index in [9.17, 15) is 32.3 Å². The van der Waals surface area contributed by atoms with Crippen LogP contribution in [0.4, 0.5) is 24.5 Å². The van der Waals surface area contributed by atoms with E-state index >= 15 is 8.78 Å². The first-order valence-electron chi connectivity index (χ1n) is 23.2. The molecule has 3 atom stereocenters. The Morgan fingerprint density at radius 3 is 2.41 bits per heavy atom. The van der Waals surface area contributed by atoms with Crippen LogP contribution in [0, 0.1) is 17.6 Å². The Morgan fingerprint density at radius 2 is 1.71 bits per heavy atom. The molecule has 4 saturated heterocycles. The number of hydrogen-bond donors (Lipinski definition) is 4. The molecule has 358 valence electrons. The summed E-state index contributed by atoms with van der Waals surface area (Å²) in [5.74, 6) is -2.47. The summed E-state index contributed by atoms with van der Waals surface area (Å²) in [6, 6.07) is 15.2. The Morgan fingerprint density at radius 1 is 0.941 bits per heavy atom. The Balaban J connectivity index is 0.737. The van der Waals surface area contributed by atoms with Gasteiger partial charge in [0.15, 0.2) is 5.82 Å². The Bertz CT molecular complexity index is 2880. The van der Waals surface area contributed by atoms with Crippen LogP contribution in [-0.2, 0) is 21.5 Å². The molecule has 7 heterocycles. The number of halogens is 3. The van der Waals surface area contributed by atoms with Crippen LogP contribution in [0.25, 0.3) is 22.2 Å². The zero-order chi connectivity index (χ0) is 47.4. The number of carbonyl (C=O) groups is 3. The molecule has 0 saturated carbocycles. The predicted molar refractivity (Wildman–Crippen MR) is 248 cm³/mol. The molecular weight excluding hydrogens is 902 g/mol. The topological polar surface area (TPSA) is 181 Å². The number of rotatable bonds is 12. The van der Waals surface area contributed by atoms with Gasteiger partial charge in [0.2, 0.25) is 11.7 Å². The molecule has 19 heteroatoms. The maximum absolute atomic E-state index is 15.8. The maximum atomic E-state index is 15.8. The molecule has 0 radical (unpaired) electrons. The molecule has 2 amide bonds. The van der Waals surface area contributed by atoms with Crippen LogP contribution in [0.15, 0.2) is 67.0 Å². The molecule has 0 aliphatic carbocycles. The summed E-state index contributed by atoms with van der Waals surface area (Å²) >= 11 is 0. The van der Waals surface area contributed by atoms with Gasteiger partial charge in [-0.25, -0.2) is 18.2 Å². The number of fused-ring (bicyclic) bond motifs is 2. The normalized spacial score (nSPS) is 22.2. The van der Waals surface area contributed by atoms with Gasteiger partial charge in [-0.1, -0.05) is 18.2 Å². The lowest BCUT2D eigenvalue weighted by atomic mass is 9.86. The molecule has 15 nitrogen and oxygen atoms in total. The molecule has 2 aromatic heterocycles. The van der Waals surface area contributed by atoms with Crippen molar-refractivity contribution in [3.63, 3.8) is 0 Å². The first-order chi connectivity index (χ1) is 32.7. The molecule has 68 heavy (non-hydrogen) atoms. The van der Waals surface area contributed by atoms with Gasteiger partial charge in [-0.15, -0.1) is 0 Å². The summed E-state index contributed by atoms with van der Waals surface area (Å²) in [5.41, 5.74) is 3.95. The number of H-pyrrole nitrogens is 1. The number of aromatic amines is 1. The van der Waals surface area contributed by atoms with Crippen molar-refractivity contribution >= 4 is 50.2 Å². The van der Waals surface area contributed by atoms with E-state index in [0.717, 1.165) is 91.7 Å². The second-order valence-corrected chi connectivity index (χ2v) is 20.3. The van der Waals surface area contributed by atoms with E-state index in [-0.39, 0.29) is 43.3 Å². The second kappa shape index (κ2) is 18.5. The molecule has 0 spiro atoms. The Hall–Kier alpha value is -6.02. The average molecular weight is 955 g/mol. The number of likely N-dealkylation sites (tertiary alicyclic amines) is 1. The van der Waals surface area contributed by atoms with Gasteiger partial charge in [-0.05, 0) is 117 Å². The Labute approximate surface area is 391 Å². The van der Waals surface area contributed by atoms with Gasteiger partial charge in [-0.2, -0.15) is 12.7 Å². The highest BCUT2D eigenvalue weighted by Gasteiger charge is 2.41. The van der Waals surface area contributed by atoms with Crippen molar-refractivity contribution in [1.29, 1.82) is 0 Å². The lowest BCUT2D eigenvalue weighted by molar-refractivity contribution is -0.129. The number of nitrogens with one attached hydrogen (secondary N) is 3. The number of aromatic nitrogens is 2. The number of hydrogen-bond acceptors (Lipinski definition) is 10. The van der Waals surface area contributed by atoms with E-state index in [1.165, 1.54) is 11.8 Å². The van der Waals surface area contributed by atoms with Gasteiger partial charge < -0.3 is 34.8 Å². The minimum absolute atomic E-state index is 0.00350. The molecule has 10 rings (SSSR count). The van der Waals surface area contributed by atoms with Crippen molar-refractivity contribution < 1.29 is 45.8 Å². The number of ketones is 1. The number of piperidine rings is 3. The monoisotopic (exact) mass is 954 g/mol. The summed E-state index contributed by atoms with van der Waals surface area (Å²) in [6.45, 7) is 4.74. The van der Waals surface area contributed by atoms with E-state index in [1.807, 2.05) is 22.9 Å². The molecule has 5 aliphatic heterocycles. The fraction of sp³-hybridized carbons (Fsp3) is 0.429. The third kappa shape index (κ3) is 8.80. The molecule has 5 aromatic rings. The highest BCUT2D eigenvalue weighted by molar-refractivity contribution is 7.90. The molecule has 3 aromatic carbocycles. The minimum Gasteiger partial charge on any atom is -0.496 e. The van der Waals surface area contributed by atoms with Gasteiger partial charge in [0.05, 0.1) is 30.0 Å². The number of aliphatic hydroxyl groups is 1. The van der Waals surface area contributed by atoms with Crippen LogP contribution >= 0.6 is 0 Å². The molecule has 2 unspecified atom stereocenters. The van der Waals surface area contributed by atoms with E-state index in [1.54, 1.807) is 24.3 Å². The van der Waals surface area contributed by atoms with Crippen molar-refractivity contribution in [3.8, 4) is 16.9 Å². The number of amides is 2. The number of ether oxygens (including phenoxy) is 1. The fourth-order valence-corrected chi connectivity index (χ4v) is 12.0. The summed E-state index contributed by atoms with van der Waals surface area (Å²) < 4.78 is 78.9. The van der Waals surface area contributed by atoms with Crippen LogP contribution in [-0.4, -0.2) is 127 Å². The number of alkyl halides is 1. The van der Waals surface area contributed by atoms with Crippen LogP contribution in [0.1, 0.15) is 88.3 Å². The number of anilines is 2. The third-order valence-electron chi connectivity index (χ3n) is 14.5. The zero-order valence-electron chi connectivity index (χ0n) is 37.5. The van der Waals surface area contributed by atoms with Gasteiger partial charge in [0, 0.05) is 80.3 Å². The van der Waals surface area contributed by atoms with Crippen molar-refractivity contribution in [2.75, 3.05) is 62.5 Å². The molecular formula is C49H53F3N8O7S. The van der Waals surface area contributed by atoms with E-state index in [2.05, 4.69) is 43.3 Å². The molecule has 4 fully saturated rings. The first-order valence-corrected chi connectivity index (χ1v) is 24.7. The highest BCUT2D eigenvalue weighted by Crippen LogP contribution is 2.40. The van der Waals surface area contributed by atoms with Crippen molar-refractivity contribution in [2.45, 2.75) is 75.8 Å². The standard InChI is InChI=1S/C49H53F3N8O7S/c1-67-41-22-31(20-33-26-60(49(64)43(33)41)40-8-9-42(61)55-48(40)63)30-12-15-57(16-13-30)25-28-10-17-58(18-11-28)35-4-2-29(3-5-35)32-21-36-37(24-54-47(36)53-23-32)46(62)44-38(51)6-7-39(45(44)52)56-68(65,66)59-19-14-34(50)27-59/h2-7,20-24,28,30,34,40,48,56,63H,8-19,25-27H2,1H3,(H,53,54)(H,55,61)/t34-,40?,48?/m1/s1. The number of carbonyl (C=O) groups excluding carboxylic acids is 3. The number of nitrogens with zero attached hydrogens (tertiary/aromatic N) is 5. The van der Waals surface area contributed by atoms with Crippen molar-refractivity contribution in [3.05, 3.63) is 106 Å². The molecule has 0 bridgehead atoms. The molecule has 5 aliphatic rings. The fourth-order valence-electron chi connectivity index (χ4n) is 10.7. The van der Waals surface area contributed by atoms with Crippen LogP contribution in [0.5, 0.6) is 5.75 Å². The maximum Gasteiger partial charge on any atom is 0.301 e. The number of methoxy groups -OCH3 is 1. The number of aliphatic hydroxyl groups excluding tert-OH is 1. The van der Waals surface area contributed by atoms with Crippen LogP contribution < -0.4 is 19.7 Å². The summed E-state index contributed by atoms with van der Waals surface area (Å²) in [5, 5.41) is 13.4. The smallest absolute Gasteiger partial charge is 0.301 e. The number of benzene rings is 3. The van der Waals surface area contributed by atoms with Crippen LogP contribution in [0.3, 0.4) is 0 Å². The Kier molecular flexibility index (Phi) is 12.4. The van der Waals surface area contributed by atoms with Gasteiger partial charge in [0.25, 0.3) is 5.91 Å². The summed E-state index contributed by atoms with van der Waals surface area (Å²) in [4.78, 5) is 53.1.